The number of aromatic nitrogens is 1. The Bertz CT molecular complexity index is 261. The molecule has 0 aliphatic carbocycles. The van der Waals surface area contributed by atoms with Gasteiger partial charge in [0.1, 0.15) is 0 Å². The van der Waals surface area contributed by atoms with Crippen molar-refractivity contribution in [2.45, 2.75) is 6.92 Å². The molecule has 0 spiro atoms. The van der Waals surface area contributed by atoms with Gasteiger partial charge in [-0.1, -0.05) is 0 Å². The Kier molecular flexibility index (Phi) is 3.02. The topological polar surface area (TPSA) is 39.2 Å². The van der Waals surface area contributed by atoms with E-state index >= 15 is 0 Å². The molecule has 1 rings (SSSR count). The van der Waals surface area contributed by atoms with Crippen molar-refractivity contribution in [1.29, 1.82) is 0 Å². The Morgan fingerprint density at radius 1 is 1.91 bits per heavy atom. The van der Waals surface area contributed by atoms with Crippen LogP contribution in [0, 0.1) is 0 Å². The van der Waals surface area contributed by atoms with Gasteiger partial charge in [0.25, 0.3) is 0 Å². The van der Waals surface area contributed by atoms with E-state index in [4.69, 9.17) is 4.74 Å². The van der Waals surface area contributed by atoms with Gasteiger partial charge in [-0.25, -0.2) is 4.79 Å². The van der Waals surface area contributed by atoms with Crippen LogP contribution >= 0.6 is 27.5 Å². The Morgan fingerprint density at radius 2 is 2.64 bits per heavy atom. The number of carbonyl (C=O) groups is 1. The normalized spacial score (nSPS) is 9.64. The van der Waals surface area contributed by atoms with Gasteiger partial charge in [-0.2, -0.15) is 4.37 Å². The maximum atomic E-state index is 11.0. The number of halogens is 1. The molecule has 0 amide bonds. The highest BCUT2D eigenvalue weighted by molar-refractivity contribution is 9.11. The first-order valence-electron chi connectivity index (χ1n) is 3.03. The summed E-state index contributed by atoms with van der Waals surface area (Å²) in [6.07, 6.45) is 0. The van der Waals surface area contributed by atoms with Crippen LogP contribution in [0.5, 0.6) is 0 Å². The van der Waals surface area contributed by atoms with Gasteiger partial charge in [-0.3, -0.25) is 0 Å². The van der Waals surface area contributed by atoms with E-state index in [2.05, 4.69) is 20.3 Å². The summed E-state index contributed by atoms with van der Waals surface area (Å²) in [5.74, 6) is -0.366. The predicted octanol–water partition coefficient (Wildman–Crippen LogP) is 2.08. The van der Waals surface area contributed by atoms with Crippen molar-refractivity contribution in [3.63, 3.8) is 0 Å². The average Bonchev–Trinajstić information content (AvgIpc) is 2.36. The minimum absolute atomic E-state index is 0.365. The summed E-state index contributed by atoms with van der Waals surface area (Å²) in [6.45, 7) is 2.15. The molecule has 0 atom stereocenters. The van der Waals surface area contributed by atoms with Gasteiger partial charge in [-0.05, 0) is 40.5 Å². The molecule has 0 aliphatic heterocycles. The summed E-state index contributed by atoms with van der Waals surface area (Å²) in [5.41, 5.74) is 0.365. The molecular formula is C6H6BrNO2S. The SMILES string of the molecule is CCOC(=O)c1cc(Br)sn1. The summed E-state index contributed by atoms with van der Waals surface area (Å²) < 4.78 is 9.41. The van der Waals surface area contributed by atoms with Crippen LogP contribution in [0.2, 0.25) is 0 Å². The zero-order chi connectivity index (χ0) is 8.27. The predicted molar refractivity (Wildman–Crippen MR) is 45.8 cm³/mol. The quantitative estimate of drug-likeness (QED) is 0.738. The molecule has 0 radical (unpaired) electrons. The Labute approximate surface area is 76.7 Å². The van der Waals surface area contributed by atoms with Crippen LogP contribution in [-0.2, 0) is 4.74 Å². The standard InChI is InChI=1S/C6H6BrNO2S/c1-2-10-6(9)4-3-5(7)11-8-4/h3H,2H2,1H3. The first-order valence-corrected chi connectivity index (χ1v) is 4.60. The number of hydrogen-bond donors (Lipinski definition) is 0. The van der Waals surface area contributed by atoms with Crippen molar-refractivity contribution in [1.82, 2.24) is 4.37 Å². The highest BCUT2D eigenvalue weighted by Gasteiger charge is 2.09. The van der Waals surface area contributed by atoms with Crippen LogP contribution in [0.4, 0.5) is 0 Å². The lowest BCUT2D eigenvalue weighted by atomic mass is 10.4. The van der Waals surface area contributed by atoms with Crippen molar-refractivity contribution in [2.24, 2.45) is 0 Å². The molecule has 5 heteroatoms. The van der Waals surface area contributed by atoms with Crippen LogP contribution in [0.15, 0.2) is 9.85 Å². The average molecular weight is 236 g/mol. The van der Waals surface area contributed by atoms with E-state index in [0.29, 0.717) is 12.3 Å². The van der Waals surface area contributed by atoms with Crippen molar-refractivity contribution < 1.29 is 9.53 Å². The minimum Gasteiger partial charge on any atom is -0.461 e. The lowest BCUT2D eigenvalue weighted by Crippen LogP contribution is -2.04. The third-order valence-corrected chi connectivity index (χ3v) is 2.21. The number of esters is 1. The molecule has 0 aromatic carbocycles. The molecule has 1 aromatic heterocycles. The molecule has 60 valence electrons. The Morgan fingerprint density at radius 3 is 3.09 bits per heavy atom. The zero-order valence-corrected chi connectivity index (χ0v) is 8.24. The fourth-order valence-electron chi connectivity index (χ4n) is 0.554. The largest absolute Gasteiger partial charge is 0.461 e. The fraction of sp³-hybridized carbons (Fsp3) is 0.333. The summed E-state index contributed by atoms with van der Waals surface area (Å²) in [6, 6.07) is 1.64. The lowest BCUT2D eigenvalue weighted by Gasteiger charge is -1.94. The molecule has 0 aliphatic rings. The molecule has 0 saturated carbocycles. The van der Waals surface area contributed by atoms with Gasteiger partial charge >= 0.3 is 5.97 Å². The molecule has 0 N–H and O–H groups in total. The Balaban J connectivity index is 2.69. The van der Waals surface area contributed by atoms with Gasteiger partial charge in [0.05, 0.1) is 10.4 Å². The summed E-state index contributed by atoms with van der Waals surface area (Å²) in [7, 11) is 0. The molecule has 1 aromatic rings. The molecule has 3 nitrogen and oxygen atoms in total. The van der Waals surface area contributed by atoms with E-state index in [9.17, 15) is 4.79 Å². The number of rotatable bonds is 2. The molecule has 0 saturated heterocycles. The van der Waals surface area contributed by atoms with E-state index in [-0.39, 0.29) is 5.97 Å². The first-order chi connectivity index (χ1) is 5.24. The van der Waals surface area contributed by atoms with Gasteiger partial charge in [0, 0.05) is 0 Å². The van der Waals surface area contributed by atoms with Crippen LogP contribution in [-0.4, -0.2) is 16.9 Å². The smallest absolute Gasteiger partial charge is 0.358 e. The number of nitrogens with zero attached hydrogens (tertiary/aromatic N) is 1. The minimum atomic E-state index is -0.366. The van der Waals surface area contributed by atoms with Crippen molar-refractivity contribution >= 4 is 33.4 Å². The van der Waals surface area contributed by atoms with Crippen LogP contribution < -0.4 is 0 Å². The summed E-state index contributed by atoms with van der Waals surface area (Å²) in [5, 5.41) is 0. The van der Waals surface area contributed by atoms with Gasteiger partial charge < -0.3 is 4.74 Å². The zero-order valence-electron chi connectivity index (χ0n) is 5.83. The maximum absolute atomic E-state index is 11.0. The maximum Gasteiger partial charge on any atom is 0.358 e. The number of ether oxygens (including phenoxy) is 1. The highest BCUT2D eigenvalue weighted by Crippen LogP contribution is 2.17. The number of hydrogen-bond acceptors (Lipinski definition) is 4. The van der Waals surface area contributed by atoms with Crippen molar-refractivity contribution in [3.05, 3.63) is 15.5 Å². The summed E-state index contributed by atoms with van der Waals surface area (Å²) >= 11 is 4.42. The van der Waals surface area contributed by atoms with Crippen LogP contribution in [0.3, 0.4) is 0 Å². The van der Waals surface area contributed by atoms with E-state index in [1.165, 1.54) is 11.5 Å². The van der Waals surface area contributed by atoms with Crippen molar-refractivity contribution in [2.75, 3.05) is 6.61 Å². The van der Waals surface area contributed by atoms with E-state index in [1.807, 2.05) is 0 Å². The monoisotopic (exact) mass is 235 g/mol. The second-order valence-electron chi connectivity index (χ2n) is 1.74. The third kappa shape index (κ3) is 2.27. The van der Waals surface area contributed by atoms with E-state index < -0.39 is 0 Å². The van der Waals surface area contributed by atoms with E-state index in [1.54, 1.807) is 13.0 Å². The summed E-state index contributed by atoms with van der Waals surface area (Å²) in [4.78, 5) is 11.0. The molecule has 0 unspecified atom stereocenters. The molecule has 0 bridgehead atoms. The van der Waals surface area contributed by atoms with Crippen molar-refractivity contribution in [3.8, 4) is 0 Å². The lowest BCUT2D eigenvalue weighted by molar-refractivity contribution is 0.0521. The van der Waals surface area contributed by atoms with E-state index in [0.717, 1.165) is 3.79 Å². The third-order valence-electron chi connectivity index (χ3n) is 0.966. The number of carbonyl (C=O) groups excluding carboxylic acids is 1. The van der Waals surface area contributed by atoms with Gasteiger partial charge in [0.15, 0.2) is 5.69 Å². The van der Waals surface area contributed by atoms with Crippen LogP contribution in [0.1, 0.15) is 17.4 Å². The molecule has 0 fully saturated rings. The first kappa shape index (κ1) is 8.67. The molecular weight excluding hydrogens is 230 g/mol. The second-order valence-corrected chi connectivity index (χ2v) is 3.92. The fourth-order valence-corrected chi connectivity index (χ4v) is 1.47. The van der Waals surface area contributed by atoms with Crippen LogP contribution in [0.25, 0.3) is 0 Å². The second kappa shape index (κ2) is 3.82. The van der Waals surface area contributed by atoms with Gasteiger partial charge in [-0.15, -0.1) is 0 Å². The Hall–Kier alpha value is -0.420. The molecule has 1 heterocycles. The molecule has 11 heavy (non-hydrogen) atoms. The van der Waals surface area contributed by atoms with Gasteiger partial charge in [0.2, 0.25) is 0 Å². The highest BCUT2D eigenvalue weighted by atomic mass is 79.9.